The summed E-state index contributed by atoms with van der Waals surface area (Å²) < 4.78 is 5.81. The molecule has 0 radical (unpaired) electrons. The second-order valence-corrected chi connectivity index (χ2v) is 9.88. The van der Waals surface area contributed by atoms with E-state index in [9.17, 15) is 0 Å². The van der Waals surface area contributed by atoms with Crippen molar-refractivity contribution in [2.24, 2.45) is 0 Å². The Morgan fingerprint density at radius 1 is 1.11 bits per heavy atom. The predicted octanol–water partition coefficient (Wildman–Crippen LogP) is 4.61. The van der Waals surface area contributed by atoms with Gasteiger partial charge in [-0.05, 0) is 57.4 Å². The zero-order valence-corrected chi connectivity index (χ0v) is 20.9. The van der Waals surface area contributed by atoms with Crippen molar-refractivity contribution in [1.29, 1.82) is 0 Å². The zero-order chi connectivity index (χ0) is 24.2. The minimum absolute atomic E-state index is 0.259. The Bertz CT molecular complexity index is 1210. The van der Waals surface area contributed by atoms with Crippen molar-refractivity contribution in [2.45, 2.75) is 71.1 Å². The van der Waals surface area contributed by atoms with Gasteiger partial charge in [0.15, 0.2) is 11.5 Å². The molecular weight excluding hydrogens is 438 g/mol. The molecule has 1 saturated heterocycles. The highest BCUT2D eigenvalue weighted by molar-refractivity contribution is 5.84. The zero-order valence-electron chi connectivity index (χ0n) is 20.9. The van der Waals surface area contributed by atoms with Crippen LogP contribution in [0.1, 0.15) is 57.1 Å². The second kappa shape index (κ2) is 10.6. The topological polar surface area (TPSA) is 91.0 Å². The van der Waals surface area contributed by atoms with Crippen LogP contribution in [0.5, 0.6) is 0 Å². The van der Waals surface area contributed by atoms with Crippen LogP contribution >= 0.6 is 0 Å². The summed E-state index contributed by atoms with van der Waals surface area (Å²) in [5, 5.41) is 7.01. The number of hydrogen-bond acceptors (Lipinski definition) is 7. The average molecular weight is 474 g/mol. The van der Waals surface area contributed by atoms with Gasteiger partial charge in [-0.1, -0.05) is 31.1 Å². The molecule has 2 fully saturated rings. The van der Waals surface area contributed by atoms with Gasteiger partial charge in [-0.2, -0.15) is 9.97 Å². The van der Waals surface area contributed by atoms with Crippen molar-refractivity contribution in [3.63, 3.8) is 0 Å². The van der Waals surface area contributed by atoms with Crippen LogP contribution in [0.2, 0.25) is 0 Å². The molecule has 1 aromatic carbocycles. The highest BCUT2D eigenvalue weighted by Crippen LogP contribution is 2.26. The van der Waals surface area contributed by atoms with Crippen molar-refractivity contribution < 1.29 is 4.74 Å². The van der Waals surface area contributed by atoms with Crippen LogP contribution in [0.4, 0.5) is 17.5 Å². The highest BCUT2D eigenvalue weighted by atomic mass is 16.5. The molecule has 184 valence electrons. The van der Waals surface area contributed by atoms with Crippen LogP contribution in [-0.2, 0) is 4.74 Å². The number of benzene rings is 1. The number of ether oxygens (including phenoxy) is 1. The van der Waals surface area contributed by atoms with E-state index in [1.165, 1.54) is 32.1 Å². The number of aryl methyl sites for hydroxylation is 1. The third-order valence-corrected chi connectivity index (χ3v) is 6.74. The monoisotopic (exact) mass is 473 g/mol. The number of imidazole rings is 1. The van der Waals surface area contributed by atoms with Crippen LogP contribution in [0, 0.1) is 18.8 Å². The molecule has 3 N–H and O–H groups in total. The maximum atomic E-state index is 5.81. The van der Waals surface area contributed by atoms with E-state index >= 15 is 0 Å². The van der Waals surface area contributed by atoms with Gasteiger partial charge in [-0.25, -0.2) is 4.98 Å². The van der Waals surface area contributed by atoms with Crippen LogP contribution < -0.4 is 10.6 Å². The van der Waals surface area contributed by atoms with E-state index in [2.05, 4.69) is 69.2 Å². The number of nitrogens with zero attached hydrogens (tertiary/aromatic N) is 4. The van der Waals surface area contributed by atoms with E-state index in [0.29, 0.717) is 17.6 Å². The van der Waals surface area contributed by atoms with Gasteiger partial charge in [0.1, 0.15) is 5.52 Å². The van der Waals surface area contributed by atoms with Crippen molar-refractivity contribution in [1.82, 2.24) is 24.8 Å². The summed E-state index contributed by atoms with van der Waals surface area (Å²) in [6.45, 7) is 8.93. The summed E-state index contributed by atoms with van der Waals surface area (Å²) in [5.41, 5.74) is 4.58. The van der Waals surface area contributed by atoms with Gasteiger partial charge in [0.25, 0.3) is 0 Å². The molecule has 3 aromatic rings. The fourth-order valence-corrected chi connectivity index (χ4v) is 5.10. The first kappa shape index (κ1) is 23.6. The Balaban J connectivity index is 1.28. The Morgan fingerprint density at radius 2 is 1.91 bits per heavy atom. The third-order valence-electron chi connectivity index (χ3n) is 6.74. The van der Waals surface area contributed by atoms with Gasteiger partial charge >= 0.3 is 0 Å². The third kappa shape index (κ3) is 5.92. The lowest BCUT2D eigenvalue weighted by molar-refractivity contribution is -0.0640. The van der Waals surface area contributed by atoms with E-state index in [-0.39, 0.29) is 12.2 Å². The van der Waals surface area contributed by atoms with E-state index in [0.717, 1.165) is 47.8 Å². The number of aromatic amines is 1. The number of aromatic nitrogens is 4. The number of rotatable bonds is 5. The largest absolute Gasteiger partial charge is 0.373 e. The Labute approximate surface area is 207 Å². The Hall–Kier alpha value is -3.15. The van der Waals surface area contributed by atoms with Crippen molar-refractivity contribution in [3.05, 3.63) is 35.7 Å². The lowest BCUT2D eigenvalue weighted by Crippen LogP contribution is -2.45. The summed E-state index contributed by atoms with van der Waals surface area (Å²) >= 11 is 0. The normalized spacial score (nSPS) is 21.5. The minimum Gasteiger partial charge on any atom is -0.373 e. The molecule has 2 aliphatic rings. The molecule has 0 amide bonds. The van der Waals surface area contributed by atoms with Crippen LogP contribution in [0.15, 0.2) is 24.5 Å². The minimum atomic E-state index is 0.259. The summed E-state index contributed by atoms with van der Waals surface area (Å²) in [7, 11) is 0. The molecule has 5 rings (SSSR count). The second-order valence-electron chi connectivity index (χ2n) is 9.88. The molecule has 35 heavy (non-hydrogen) atoms. The first-order valence-electron chi connectivity index (χ1n) is 12.8. The number of H-pyrrole nitrogens is 1. The van der Waals surface area contributed by atoms with Gasteiger partial charge < -0.3 is 20.4 Å². The number of hydrogen-bond donors (Lipinski definition) is 3. The quantitative estimate of drug-likeness (QED) is 0.466. The molecular formula is C27H35N7O. The molecule has 8 heteroatoms. The molecule has 2 unspecified atom stereocenters. The number of nitrogens with one attached hydrogen (secondary N) is 3. The lowest BCUT2D eigenvalue weighted by atomic mass is 9.95. The predicted molar refractivity (Wildman–Crippen MR) is 140 cm³/mol. The summed E-state index contributed by atoms with van der Waals surface area (Å²) in [6, 6.07) is 6.64. The van der Waals surface area contributed by atoms with Crippen LogP contribution in [0.3, 0.4) is 0 Å². The van der Waals surface area contributed by atoms with E-state index in [4.69, 9.17) is 9.72 Å². The Kier molecular flexibility index (Phi) is 7.16. The molecule has 8 nitrogen and oxygen atoms in total. The summed E-state index contributed by atoms with van der Waals surface area (Å²) in [6.07, 6.45) is 8.38. The first-order valence-corrected chi connectivity index (χ1v) is 12.8. The Morgan fingerprint density at radius 3 is 2.69 bits per heavy atom. The van der Waals surface area contributed by atoms with Gasteiger partial charge in [0, 0.05) is 30.4 Å². The fourth-order valence-electron chi connectivity index (χ4n) is 5.10. The average Bonchev–Trinajstić information content (AvgIpc) is 3.30. The molecule has 1 aliphatic heterocycles. The highest BCUT2D eigenvalue weighted by Gasteiger charge is 2.21. The molecule has 1 saturated carbocycles. The number of morpholine rings is 1. The lowest BCUT2D eigenvalue weighted by Gasteiger charge is -2.34. The van der Waals surface area contributed by atoms with Crippen LogP contribution in [-0.4, -0.2) is 62.7 Å². The number of fused-ring (bicyclic) bond motifs is 1. The van der Waals surface area contributed by atoms with Gasteiger partial charge in [-0.15, -0.1) is 0 Å². The van der Waals surface area contributed by atoms with Gasteiger partial charge in [0.2, 0.25) is 5.95 Å². The number of anilines is 3. The van der Waals surface area contributed by atoms with Crippen molar-refractivity contribution >= 4 is 28.6 Å². The summed E-state index contributed by atoms with van der Waals surface area (Å²) in [4.78, 5) is 19.3. The fraction of sp³-hybridized carbons (Fsp3) is 0.519. The van der Waals surface area contributed by atoms with E-state index in [1.807, 2.05) is 12.1 Å². The SMILES string of the molecule is Cc1cc(C#CCN2CC(C)OC(C)C2)ccc1Nc1nc(NC2CCCCC2)c2[nH]cnc2n1. The van der Waals surface area contributed by atoms with Crippen molar-refractivity contribution in [3.8, 4) is 11.8 Å². The smallest absolute Gasteiger partial charge is 0.231 e. The maximum Gasteiger partial charge on any atom is 0.231 e. The van der Waals surface area contributed by atoms with Gasteiger partial charge in [-0.3, -0.25) is 4.90 Å². The molecule has 0 spiro atoms. The molecule has 2 aromatic heterocycles. The maximum absolute atomic E-state index is 5.81. The first-order chi connectivity index (χ1) is 17.0. The molecule has 1 aliphatic carbocycles. The van der Waals surface area contributed by atoms with Crippen LogP contribution in [0.25, 0.3) is 11.2 Å². The standard InChI is InChI=1S/C27H35N7O/c1-18-14-21(8-7-13-34-15-19(2)35-20(3)16-34)11-12-23(18)31-27-32-25-24(28-17-29-25)26(33-27)30-22-9-5-4-6-10-22/h11-12,14,17,19-20,22H,4-6,9-10,13,15-16H2,1-3H3,(H3,28,29,30,31,32,33). The molecule has 0 bridgehead atoms. The molecule has 2 atom stereocenters. The van der Waals surface area contributed by atoms with Crippen molar-refractivity contribution in [2.75, 3.05) is 30.3 Å². The van der Waals surface area contributed by atoms with E-state index in [1.54, 1.807) is 6.33 Å². The van der Waals surface area contributed by atoms with Gasteiger partial charge in [0.05, 0.1) is 25.1 Å². The summed E-state index contributed by atoms with van der Waals surface area (Å²) in [5.74, 6) is 8.00. The van der Waals surface area contributed by atoms with E-state index < -0.39 is 0 Å². The molecule has 3 heterocycles.